The molecule has 0 amide bonds. The molecule has 164 valence electrons. The first-order valence-corrected chi connectivity index (χ1v) is 10.5. The molecule has 1 unspecified atom stereocenters. The number of anilines is 1. The van der Waals surface area contributed by atoms with Crippen LogP contribution in [-0.2, 0) is 20.1 Å². The molecule has 1 atom stereocenters. The summed E-state index contributed by atoms with van der Waals surface area (Å²) in [5, 5.41) is 9.16. The van der Waals surface area contributed by atoms with E-state index < -0.39 is 11.2 Å². The summed E-state index contributed by atoms with van der Waals surface area (Å²) in [6.45, 7) is 3.49. The number of nitrogens with zero attached hydrogens (tertiary/aromatic N) is 6. The number of imidazole rings is 1. The van der Waals surface area contributed by atoms with Gasteiger partial charge in [-0.15, -0.1) is 5.92 Å². The molecule has 3 heterocycles. The minimum Gasteiger partial charge on any atom is -0.341 e. The van der Waals surface area contributed by atoms with Crippen LogP contribution in [0, 0.1) is 23.2 Å². The molecule has 9 nitrogen and oxygen atoms in total. The molecule has 0 saturated carbocycles. The molecule has 0 radical (unpaired) electrons. The summed E-state index contributed by atoms with van der Waals surface area (Å²) in [6.07, 6.45) is 1.88. The number of benzene rings is 1. The number of fused-ring (bicyclic) bond motifs is 1. The Labute approximate surface area is 185 Å². The van der Waals surface area contributed by atoms with Crippen molar-refractivity contribution in [2.24, 2.45) is 12.8 Å². The van der Waals surface area contributed by atoms with E-state index in [0.717, 1.165) is 19.4 Å². The van der Waals surface area contributed by atoms with Crippen molar-refractivity contribution in [3.05, 3.63) is 56.2 Å². The first-order chi connectivity index (χ1) is 15.4. The maximum atomic E-state index is 13.5. The van der Waals surface area contributed by atoms with E-state index in [2.05, 4.69) is 22.8 Å². The normalized spacial score (nSPS) is 15.9. The first kappa shape index (κ1) is 21.4. The van der Waals surface area contributed by atoms with Gasteiger partial charge in [0.1, 0.15) is 0 Å². The van der Waals surface area contributed by atoms with Crippen molar-refractivity contribution in [3.8, 4) is 17.9 Å². The minimum atomic E-state index is -0.460. The molecule has 0 bridgehead atoms. The van der Waals surface area contributed by atoms with Gasteiger partial charge in [-0.1, -0.05) is 18.1 Å². The Kier molecular flexibility index (Phi) is 5.85. The smallest absolute Gasteiger partial charge is 0.332 e. The van der Waals surface area contributed by atoms with Crippen molar-refractivity contribution in [3.63, 3.8) is 0 Å². The third-order valence-corrected chi connectivity index (χ3v) is 5.76. The van der Waals surface area contributed by atoms with Gasteiger partial charge < -0.3 is 10.6 Å². The van der Waals surface area contributed by atoms with E-state index in [-0.39, 0.29) is 19.1 Å². The van der Waals surface area contributed by atoms with Gasteiger partial charge in [0.15, 0.2) is 11.2 Å². The van der Waals surface area contributed by atoms with Gasteiger partial charge >= 0.3 is 5.69 Å². The zero-order valence-electron chi connectivity index (χ0n) is 18.2. The van der Waals surface area contributed by atoms with E-state index in [0.29, 0.717) is 34.8 Å². The van der Waals surface area contributed by atoms with Crippen LogP contribution in [-0.4, -0.2) is 37.8 Å². The summed E-state index contributed by atoms with van der Waals surface area (Å²) >= 11 is 0. The fourth-order valence-electron chi connectivity index (χ4n) is 4.16. The lowest BCUT2D eigenvalue weighted by molar-refractivity contribution is 0.496. The number of piperidine rings is 1. The number of hydrogen-bond donors (Lipinski definition) is 1. The highest BCUT2D eigenvalue weighted by molar-refractivity contribution is 5.75. The maximum Gasteiger partial charge on any atom is 0.332 e. The zero-order valence-corrected chi connectivity index (χ0v) is 18.2. The third-order valence-electron chi connectivity index (χ3n) is 5.76. The van der Waals surface area contributed by atoms with Crippen LogP contribution >= 0.6 is 0 Å². The Bertz CT molecular complexity index is 1390. The van der Waals surface area contributed by atoms with Gasteiger partial charge in [0.2, 0.25) is 5.95 Å². The van der Waals surface area contributed by atoms with Gasteiger partial charge in [-0.2, -0.15) is 10.2 Å². The van der Waals surface area contributed by atoms with Crippen molar-refractivity contribution in [2.45, 2.75) is 38.9 Å². The first-order valence-electron chi connectivity index (χ1n) is 10.5. The summed E-state index contributed by atoms with van der Waals surface area (Å²) in [4.78, 5) is 33.4. The number of nitriles is 1. The standard InChI is InChI=1S/C23H25N7O2/c1-3-4-11-29-19-20(26-22(29)28-10-6-9-18(25)15-28)27(2)23(32)30(21(19)31)14-17-8-5-7-16(12-17)13-24/h5,7-8,12,18H,6,9-11,14-15,25H2,1-2H3. The summed E-state index contributed by atoms with van der Waals surface area (Å²) in [5.41, 5.74) is 7.12. The Morgan fingerprint density at radius 2 is 2.09 bits per heavy atom. The van der Waals surface area contributed by atoms with Gasteiger partial charge in [-0.3, -0.25) is 18.5 Å². The molecule has 1 saturated heterocycles. The summed E-state index contributed by atoms with van der Waals surface area (Å²) < 4.78 is 4.37. The van der Waals surface area contributed by atoms with Gasteiger partial charge in [-0.05, 0) is 37.5 Å². The molecule has 1 aliphatic rings. The molecule has 2 N–H and O–H groups in total. The number of aromatic nitrogens is 4. The van der Waals surface area contributed by atoms with Crippen molar-refractivity contribution in [1.82, 2.24) is 18.7 Å². The topological polar surface area (TPSA) is 115 Å². The summed E-state index contributed by atoms with van der Waals surface area (Å²) in [7, 11) is 1.61. The Morgan fingerprint density at radius 1 is 1.28 bits per heavy atom. The molecular weight excluding hydrogens is 406 g/mol. The van der Waals surface area contributed by atoms with E-state index in [1.54, 1.807) is 42.8 Å². The van der Waals surface area contributed by atoms with Gasteiger partial charge in [-0.25, -0.2) is 4.79 Å². The van der Waals surface area contributed by atoms with E-state index >= 15 is 0 Å². The molecule has 0 spiro atoms. The minimum absolute atomic E-state index is 0.0298. The highest BCUT2D eigenvalue weighted by atomic mass is 16.2. The predicted octanol–water partition coefficient (Wildman–Crippen LogP) is 0.767. The Hall–Kier alpha value is -3.82. The van der Waals surface area contributed by atoms with E-state index in [9.17, 15) is 9.59 Å². The van der Waals surface area contributed by atoms with E-state index in [1.165, 1.54) is 9.13 Å². The van der Waals surface area contributed by atoms with Gasteiger partial charge in [0.25, 0.3) is 5.56 Å². The second kappa shape index (κ2) is 8.74. The van der Waals surface area contributed by atoms with Crippen LogP contribution in [0.5, 0.6) is 0 Å². The van der Waals surface area contributed by atoms with Crippen LogP contribution in [0.25, 0.3) is 11.2 Å². The summed E-state index contributed by atoms with van der Waals surface area (Å²) in [6, 6.07) is 9.00. The van der Waals surface area contributed by atoms with Crippen molar-refractivity contribution < 1.29 is 0 Å². The van der Waals surface area contributed by atoms with E-state index in [1.807, 2.05) is 0 Å². The fourth-order valence-corrected chi connectivity index (χ4v) is 4.16. The second-order valence-corrected chi connectivity index (χ2v) is 7.99. The zero-order chi connectivity index (χ0) is 22.8. The lowest BCUT2D eigenvalue weighted by Crippen LogP contribution is -2.44. The fraction of sp³-hybridized carbons (Fsp3) is 0.391. The number of aryl methyl sites for hydroxylation is 1. The average Bonchev–Trinajstić information content (AvgIpc) is 3.19. The molecule has 1 aliphatic heterocycles. The molecule has 9 heteroatoms. The second-order valence-electron chi connectivity index (χ2n) is 7.99. The number of hydrogen-bond acceptors (Lipinski definition) is 6. The summed E-state index contributed by atoms with van der Waals surface area (Å²) in [5.74, 6) is 6.50. The largest absolute Gasteiger partial charge is 0.341 e. The van der Waals surface area contributed by atoms with Gasteiger partial charge in [0, 0.05) is 26.2 Å². The van der Waals surface area contributed by atoms with Crippen molar-refractivity contribution in [1.29, 1.82) is 5.26 Å². The van der Waals surface area contributed by atoms with Crippen LogP contribution in [0.4, 0.5) is 5.95 Å². The molecular formula is C23H25N7O2. The third kappa shape index (κ3) is 3.79. The highest BCUT2D eigenvalue weighted by Crippen LogP contribution is 2.22. The molecule has 4 rings (SSSR count). The van der Waals surface area contributed by atoms with Crippen LogP contribution < -0.4 is 21.9 Å². The lowest BCUT2D eigenvalue weighted by Gasteiger charge is -2.31. The van der Waals surface area contributed by atoms with Gasteiger partial charge in [0.05, 0.1) is 24.7 Å². The van der Waals surface area contributed by atoms with Crippen LogP contribution in [0.3, 0.4) is 0 Å². The Morgan fingerprint density at radius 3 is 2.81 bits per heavy atom. The number of rotatable bonds is 4. The molecule has 2 aromatic heterocycles. The van der Waals surface area contributed by atoms with Crippen molar-refractivity contribution >= 4 is 17.1 Å². The molecule has 3 aromatic rings. The molecule has 0 aliphatic carbocycles. The van der Waals surface area contributed by atoms with Crippen LogP contribution in [0.1, 0.15) is 30.9 Å². The molecule has 1 fully saturated rings. The molecule has 1 aromatic carbocycles. The highest BCUT2D eigenvalue weighted by Gasteiger charge is 2.26. The lowest BCUT2D eigenvalue weighted by atomic mass is 10.1. The maximum absolute atomic E-state index is 13.5. The Balaban J connectivity index is 1.92. The number of nitrogens with two attached hydrogens (primary N) is 1. The average molecular weight is 432 g/mol. The molecule has 32 heavy (non-hydrogen) atoms. The van der Waals surface area contributed by atoms with Crippen LogP contribution in [0.2, 0.25) is 0 Å². The van der Waals surface area contributed by atoms with Crippen LogP contribution in [0.15, 0.2) is 33.9 Å². The predicted molar refractivity (Wildman–Crippen MR) is 122 cm³/mol. The van der Waals surface area contributed by atoms with E-state index in [4.69, 9.17) is 16.0 Å². The monoisotopic (exact) mass is 431 g/mol. The quantitative estimate of drug-likeness (QED) is 0.610. The van der Waals surface area contributed by atoms with Crippen molar-refractivity contribution in [2.75, 3.05) is 18.0 Å². The SMILES string of the molecule is CC#CCn1c(N2CCCC(N)C2)nc2c1c(=O)n(Cc1cccc(C#N)c1)c(=O)n2C.